The summed E-state index contributed by atoms with van der Waals surface area (Å²) in [6.07, 6.45) is 2.78. The van der Waals surface area contributed by atoms with Crippen molar-refractivity contribution >= 4 is 56.3 Å². The lowest BCUT2D eigenvalue weighted by Crippen LogP contribution is -2.35. The number of carbonyl (C=O) groups is 1. The van der Waals surface area contributed by atoms with E-state index in [9.17, 15) is 13.2 Å². The van der Waals surface area contributed by atoms with Crippen molar-refractivity contribution in [3.05, 3.63) is 34.3 Å². The van der Waals surface area contributed by atoms with Gasteiger partial charge in [-0.25, -0.2) is 13.4 Å². The van der Waals surface area contributed by atoms with E-state index < -0.39 is 10.0 Å². The number of thiazole rings is 1. The predicted octanol–water partition coefficient (Wildman–Crippen LogP) is 4.01. The molecule has 1 aromatic heterocycles. The van der Waals surface area contributed by atoms with E-state index in [1.807, 2.05) is 12.3 Å². The number of hydrogen-bond donors (Lipinski definition) is 1. The molecule has 1 aliphatic rings. The SMILES string of the molecule is Cc1csc(SCC(=O)Nc2cc(S(=O)(=O)N3CCCCC3)ccc2Cl)n1. The van der Waals surface area contributed by atoms with E-state index in [-0.39, 0.29) is 16.6 Å². The maximum atomic E-state index is 12.8. The van der Waals surface area contributed by atoms with Crippen molar-refractivity contribution in [3.8, 4) is 0 Å². The summed E-state index contributed by atoms with van der Waals surface area (Å²) in [5.74, 6) is -0.0888. The summed E-state index contributed by atoms with van der Waals surface area (Å²) in [5, 5.41) is 4.93. The van der Waals surface area contributed by atoms with Crippen molar-refractivity contribution in [1.82, 2.24) is 9.29 Å². The number of rotatable bonds is 6. The molecule has 1 aromatic carbocycles. The molecule has 1 N–H and O–H groups in total. The average Bonchev–Trinajstić information content (AvgIpc) is 3.08. The number of nitrogens with one attached hydrogen (secondary N) is 1. The fraction of sp³-hybridized carbons (Fsp3) is 0.412. The van der Waals surface area contributed by atoms with Crippen LogP contribution in [0.25, 0.3) is 0 Å². The zero-order valence-corrected chi connectivity index (χ0v) is 18.0. The highest BCUT2D eigenvalue weighted by Crippen LogP contribution is 2.29. The summed E-state index contributed by atoms with van der Waals surface area (Å²) in [6.45, 7) is 2.95. The van der Waals surface area contributed by atoms with Gasteiger partial charge in [-0.1, -0.05) is 29.8 Å². The standard InChI is InChI=1S/C17H20ClN3O3S3/c1-12-10-25-17(19-12)26-11-16(22)20-15-9-13(5-6-14(15)18)27(23,24)21-7-3-2-4-8-21/h5-6,9-10H,2-4,7-8,11H2,1H3,(H,20,22). The lowest BCUT2D eigenvalue weighted by atomic mass is 10.2. The topological polar surface area (TPSA) is 79.4 Å². The number of piperidine rings is 1. The Hall–Kier alpha value is -1.13. The van der Waals surface area contributed by atoms with Gasteiger partial charge in [0.05, 0.1) is 21.4 Å². The zero-order chi connectivity index (χ0) is 19.4. The first-order valence-electron chi connectivity index (χ1n) is 8.51. The molecule has 0 atom stereocenters. The summed E-state index contributed by atoms with van der Waals surface area (Å²) < 4.78 is 27.9. The number of halogens is 1. The molecule has 0 spiro atoms. The Bertz CT molecular complexity index is 925. The number of sulfonamides is 1. The number of anilines is 1. The molecule has 10 heteroatoms. The van der Waals surface area contributed by atoms with Crippen molar-refractivity contribution in [2.24, 2.45) is 0 Å². The largest absolute Gasteiger partial charge is 0.324 e. The Morgan fingerprint density at radius 2 is 2.07 bits per heavy atom. The third kappa shape index (κ3) is 5.23. The van der Waals surface area contributed by atoms with Gasteiger partial charge in [-0.15, -0.1) is 11.3 Å². The van der Waals surface area contributed by atoms with E-state index in [2.05, 4.69) is 10.3 Å². The summed E-state index contributed by atoms with van der Waals surface area (Å²) in [4.78, 5) is 16.7. The van der Waals surface area contributed by atoms with E-state index in [0.717, 1.165) is 29.3 Å². The Morgan fingerprint density at radius 3 is 2.74 bits per heavy atom. The van der Waals surface area contributed by atoms with E-state index in [4.69, 9.17) is 11.6 Å². The van der Waals surface area contributed by atoms with Crippen LogP contribution in [-0.2, 0) is 14.8 Å². The number of amides is 1. The van der Waals surface area contributed by atoms with Crippen LogP contribution in [0.1, 0.15) is 25.0 Å². The van der Waals surface area contributed by atoms with Crippen LogP contribution < -0.4 is 5.32 Å². The normalized spacial score (nSPS) is 15.6. The Balaban J connectivity index is 1.70. The number of benzene rings is 1. The maximum Gasteiger partial charge on any atom is 0.243 e. The van der Waals surface area contributed by atoms with Gasteiger partial charge < -0.3 is 5.32 Å². The van der Waals surface area contributed by atoms with Crippen molar-refractivity contribution in [2.75, 3.05) is 24.2 Å². The molecule has 2 heterocycles. The maximum absolute atomic E-state index is 12.8. The third-order valence-corrected chi connectivity index (χ3v) is 8.45. The zero-order valence-electron chi connectivity index (χ0n) is 14.8. The number of aromatic nitrogens is 1. The molecule has 0 unspecified atom stereocenters. The molecule has 1 aliphatic heterocycles. The molecular weight excluding hydrogens is 426 g/mol. The van der Waals surface area contributed by atoms with Crippen LogP contribution in [-0.4, -0.2) is 42.5 Å². The Labute approximate surface area is 172 Å². The van der Waals surface area contributed by atoms with Crippen LogP contribution in [0.5, 0.6) is 0 Å². The van der Waals surface area contributed by atoms with Gasteiger partial charge in [-0.3, -0.25) is 4.79 Å². The number of carbonyl (C=O) groups excluding carboxylic acids is 1. The molecule has 2 aromatic rings. The molecule has 3 rings (SSSR count). The van der Waals surface area contributed by atoms with Crippen LogP contribution in [0.15, 0.2) is 32.8 Å². The monoisotopic (exact) mass is 445 g/mol. The lowest BCUT2D eigenvalue weighted by molar-refractivity contribution is -0.113. The minimum Gasteiger partial charge on any atom is -0.324 e. The fourth-order valence-corrected chi connectivity index (χ4v) is 6.09. The Kier molecular flexibility index (Phi) is 6.80. The minimum absolute atomic E-state index is 0.146. The van der Waals surface area contributed by atoms with Crippen LogP contribution in [0.2, 0.25) is 5.02 Å². The highest BCUT2D eigenvalue weighted by molar-refractivity contribution is 8.01. The van der Waals surface area contributed by atoms with Crippen LogP contribution in [0, 0.1) is 6.92 Å². The summed E-state index contributed by atoms with van der Waals surface area (Å²) in [7, 11) is -3.58. The van der Waals surface area contributed by atoms with Crippen LogP contribution >= 0.6 is 34.7 Å². The smallest absolute Gasteiger partial charge is 0.243 e. The predicted molar refractivity (Wildman–Crippen MR) is 110 cm³/mol. The van der Waals surface area contributed by atoms with Crippen molar-refractivity contribution in [2.45, 2.75) is 35.4 Å². The van der Waals surface area contributed by atoms with Crippen molar-refractivity contribution in [3.63, 3.8) is 0 Å². The highest BCUT2D eigenvalue weighted by Gasteiger charge is 2.26. The molecule has 27 heavy (non-hydrogen) atoms. The Morgan fingerprint density at radius 1 is 1.33 bits per heavy atom. The van der Waals surface area contributed by atoms with Gasteiger partial charge in [-0.05, 0) is 38.0 Å². The van der Waals surface area contributed by atoms with Gasteiger partial charge in [0.1, 0.15) is 0 Å². The summed E-state index contributed by atoms with van der Waals surface area (Å²) >= 11 is 8.97. The molecule has 146 valence electrons. The molecule has 0 radical (unpaired) electrons. The summed E-state index contributed by atoms with van der Waals surface area (Å²) in [6, 6.07) is 4.42. The van der Waals surface area contributed by atoms with Crippen LogP contribution in [0.3, 0.4) is 0 Å². The number of aryl methyl sites for hydroxylation is 1. The quantitative estimate of drug-likeness (QED) is 0.679. The van der Waals surface area contributed by atoms with Gasteiger partial charge in [0, 0.05) is 24.2 Å². The van der Waals surface area contributed by atoms with E-state index in [1.165, 1.54) is 45.6 Å². The van der Waals surface area contributed by atoms with Gasteiger partial charge in [0.25, 0.3) is 0 Å². The molecule has 6 nitrogen and oxygen atoms in total. The second-order valence-corrected chi connectivity index (χ2v) is 10.6. The minimum atomic E-state index is -3.58. The number of hydrogen-bond acceptors (Lipinski definition) is 6. The van der Waals surface area contributed by atoms with E-state index in [0.29, 0.717) is 23.8 Å². The van der Waals surface area contributed by atoms with Crippen molar-refractivity contribution < 1.29 is 13.2 Å². The van der Waals surface area contributed by atoms with Crippen molar-refractivity contribution in [1.29, 1.82) is 0 Å². The van der Waals surface area contributed by atoms with Gasteiger partial charge >= 0.3 is 0 Å². The van der Waals surface area contributed by atoms with Gasteiger partial charge in [0.15, 0.2) is 4.34 Å². The number of thioether (sulfide) groups is 1. The molecule has 1 saturated heterocycles. The second-order valence-electron chi connectivity index (χ2n) is 6.20. The van der Waals surface area contributed by atoms with Gasteiger partial charge in [-0.2, -0.15) is 4.31 Å². The van der Waals surface area contributed by atoms with Gasteiger partial charge in [0.2, 0.25) is 15.9 Å². The van der Waals surface area contributed by atoms with Crippen LogP contribution in [0.4, 0.5) is 5.69 Å². The van der Waals surface area contributed by atoms with E-state index >= 15 is 0 Å². The fourth-order valence-electron chi connectivity index (χ4n) is 2.73. The molecular formula is C17H20ClN3O3S3. The third-order valence-electron chi connectivity index (χ3n) is 4.09. The molecule has 0 bridgehead atoms. The molecule has 1 fully saturated rings. The first kappa shape index (κ1) is 20.6. The first-order valence-corrected chi connectivity index (χ1v) is 12.2. The molecule has 1 amide bonds. The molecule has 0 saturated carbocycles. The second kappa shape index (κ2) is 8.91. The summed E-state index contributed by atoms with van der Waals surface area (Å²) in [5.41, 5.74) is 1.22. The number of nitrogens with zero attached hydrogens (tertiary/aromatic N) is 2. The molecule has 0 aliphatic carbocycles. The highest BCUT2D eigenvalue weighted by atomic mass is 35.5. The lowest BCUT2D eigenvalue weighted by Gasteiger charge is -2.26. The van der Waals surface area contributed by atoms with E-state index in [1.54, 1.807) is 0 Å². The first-order chi connectivity index (χ1) is 12.9. The average molecular weight is 446 g/mol.